The number of nitrogens with zero attached hydrogens (tertiary/aromatic N) is 2. The normalized spacial score (nSPS) is 12.0. The number of methoxy groups -OCH3 is 1. The van der Waals surface area contributed by atoms with Crippen LogP contribution in [-0.4, -0.2) is 16.9 Å². The average molecular weight is 287 g/mol. The molecular weight excluding hydrogens is 266 g/mol. The number of rotatable bonds is 6. The summed E-state index contributed by atoms with van der Waals surface area (Å²) in [5, 5.41) is 4.57. The standard InChI is InChI=1S/C16H21N3O2/c1-11(2)21-10-13-9-15(18-19(13)12(3)17)14-7-5-6-8-16(14)20-4/h5-9,12H,1,10,17H2,2-4H3. The van der Waals surface area contributed by atoms with Gasteiger partial charge in [0.2, 0.25) is 0 Å². The summed E-state index contributed by atoms with van der Waals surface area (Å²) < 4.78 is 12.6. The zero-order valence-electron chi connectivity index (χ0n) is 12.7. The van der Waals surface area contributed by atoms with Gasteiger partial charge >= 0.3 is 0 Å². The molecule has 2 rings (SSSR count). The second-order valence-corrected chi connectivity index (χ2v) is 4.90. The van der Waals surface area contributed by atoms with Gasteiger partial charge in [0.05, 0.1) is 30.4 Å². The van der Waals surface area contributed by atoms with E-state index in [1.165, 1.54) is 0 Å². The van der Waals surface area contributed by atoms with E-state index < -0.39 is 0 Å². The van der Waals surface area contributed by atoms with E-state index in [2.05, 4.69) is 11.7 Å². The van der Waals surface area contributed by atoms with Crippen LogP contribution in [0.25, 0.3) is 11.3 Å². The fourth-order valence-electron chi connectivity index (χ4n) is 2.08. The van der Waals surface area contributed by atoms with E-state index in [4.69, 9.17) is 15.2 Å². The van der Waals surface area contributed by atoms with Crippen molar-refractivity contribution in [3.05, 3.63) is 48.4 Å². The van der Waals surface area contributed by atoms with Crippen molar-refractivity contribution in [2.45, 2.75) is 26.6 Å². The maximum Gasteiger partial charge on any atom is 0.129 e. The first-order valence-corrected chi connectivity index (χ1v) is 6.78. The highest BCUT2D eigenvalue weighted by molar-refractivity contribution is 5.67. The van der Waals surface area contributed by atoms with Gasteiger partial charge in [-0.15, -0.1) is 0 Å². The van der Waals surface area contributed by atoms with Gasteiger partial charge in [0.25, 0.3) is 0 Å². The number of aromatic nitrogens is 2. The molecular formula is C16H21N3O2. The van der Waals surface area contributed by atoms with Crippen LogP contribution < -0.4 is 10.5 Å². The van der Waals surface area contributed by atoms with Gasteiger partial charge in [0.1, 0.15) is 12.4 Å². The third kappa shape index (κ3) is 3.44. The molecule has 0 fully saturated rings. The number of para-hydroxylation sites is 1. The minimum absolute atomic E-state index is 0.239. The fourth-order valence-corrected chi connectivity index (χ4v) is 2.08. The molecule has 5 nitrogen and oxygen atoms in total. The van der Waals surface area contributed by atoms with Crippen LogP contribution in [0.2, 0.25) is 0 Å². The van der Waals surface area contributed by atoms with Gasteiger partial charge < -0.3 is 15.2 Å². The number of allylic oxidation sites excluding steroid dienone is 1. The van der Waals surface area contributed by atoms with E-state index in [0.717, 1.165) is 22.7 Å². The SMILES string of the molecule is C=C(C)OCc1cc(-c2ccccc2OC)nn1C(C)N. The van der Waals surface area contributed by atoms with Crippen molar-refractivity contribution in [3.63, 3.8) is 0 Å². The quantitative estimate of drug-likeness (QED) is 0.829. The molecule has 2 N–H and O–H groups in total. The summed E-state index contributed by atoms with van der Waals surface area (Å²) in [5.74, 6) is 1.44. The highest BCUT2D eigenvalue weighted by Gasteiger charge is 2.15. The number of benzene rings is 1. The molecule has 5 heteroatoms. The van der Waals surface area contributed by atoms with Crippen molar-refractivity contribution >= 4 is 0 Å². The van der Waals surface area contributed by atoms with Gasteiger partial charge in [-0.1, -0.05) is 18.7 Å². The van der Waals surface area contributed by atoms with Gasteiger partial charge in [-0.2, -0.15) is 5.10 Å². The van der Waals surface area contributed by atoms with Crippen LogP contribution in [0.1, 0.15) is 25.7 Å². The first-order valence-electron chi connectivity index (χ1n) is 6.78. The molecule has 21 heavy (non-hydrogen) atoms. The molecule has 0 aliphatic rings. The molecule has 1 aromatic heterocycles. The zero-order valence-corrected chi connectivity index (χ0v) is 12.7. The summed E-state index contributed by atoms with van der Waals surface area (Å²) in [6.45, 7) is 7.81. The summed E-state index contributed by atoms with van der Waals surface area (Å²) in [4.78, 5) is 0. The number of ether oxygens (including phenoxy) is 2. The summed E-state index contributed by atoms with van der Waals surface area (Å²) in [7, 11) is 1.65. The highest BCUT2D eigenvalue weighted by Crippen LogP contribution is 2.29. The van der Waals surface area contributed by atoms with Gasteiger partial charge in [0.15, 0.2) is 0 Å². The maximum atomic E-state index is 5.97. The predicted molar refractivity (Wildman–Crippen MR) is 82.7 cm³/mol. The molecule has 1 heterocycles. The van der Waals surface area contributed by atoms with Crippen LogP contribution in [0.3, 0.4) is 0 Å². The molecule has 0 radical (unpaired) electrons. The van der Waals surface area contributed by atoms with Crippen LogP contribution in [0.4, 0.5) is 0 Å². The number of nitrogens with two attached hydrogens (primary N) is 1. The molecule has 0 saturated heterocycles. The predicted octanol–water partition coefficient (Wildman–Crippen LogP) is 3.09. The molecule has 0 spiro atoms. The maximum absolute atomic E-state index is 5.97. The lowest BCUT2D eigenvalue weighted by atomic mass is 10.1. The van der Waals surface area contributed by atoms with Crippen LogP contribution in [0.5, 0.6) is 5.75 Å². The molecule has 1 aromatic carbocycles. The van der Waals surface area contributed by atoms with Crippen molar-refractivity contribution in [3.8, 4) is 17.0 Å². The van der Waals surface area contributed by atoms with E-state index in [9.17, 15) is 0 Å². The monoisotopic (exact) mass is 287 g/mol. The van der Waals surface area contributed by atoms with Crippen molar-refractivity contribution in [1.29, 1.82) is 0 Å². The smallest absolute Gasteiger partial charge is 0.129 e. The van der Waals surface area contributed by atoms with E-state index >= 15 is 0 Å². The number of hydrogen-bond acceptors (Lipinski definition) is 4. The summed E-state index contributed by atoms with van der Waals surface area (Å²) in [6, 6.07) is 9.72. The van der Waals surface area contributed by atoms with Gasteiger partial charge in [-0.3, -0.25) is 0 Å². The average Bonchev–Trinajstić information content (AvgIpc) is 2.89. The lowest BCUT2D eigenvalue weighted by Crippen LogP contribution is -2.18. The van der Waals surface area contributed by atoms with Gasteiger partial charge in [-0.05, 0) is 32.0 Å². The lowest BCUT2D eigenvalue weighted by molar-refractivity contribution is 0.191. The van der Waals surface area contributed by atoms with Crippen molar-refractivity contribution in [1.82, 2.24) is 9.78 Å². The largest absolute Gasteiger partial charge is 0.496 e. The van der Waals surface area contributed by atoms with Crippen molar-refractivity contribution in [2.75, 3.05) is 7.11 Å². The molecule has 0 bridgehead atoms. The van der Waals surface area contributed by atoms with E-state index in [-0.39, 0.29) is 6.17 Å². The Morgan fingerprint density at radius 3 is 2.76 bits per heavy atom. The van der Waals surface area contributed by atoms with E-state index in [0.29, 0.717) is 12.4 Å². The minimum atomic E-state index is -0.239. The van der Waals surface area contributed by atoms with Crippen molar-refractivity contribution in [2.24, 2.45) is 5.73 Å². The minimum Gasteiger partial charge on any atom is -0.496 e. The summed E-state index contributed by atoms with van der Waals surface area (Å²) in [6.07, 6.45) is -0.239. The first-order chi connectivity index (χ1) is 10.0. The lowest BCUT2D eigenvalue weighted by Gasteiger charge is -2.11. The van der Waals surface area contributed by atoms with Crippen LogP contribution in [0, 0.1) is 0 Å². The van der Waals surface area contributed by atoms with Crippen molar-refractivity contribution < 1.29 is 9.47 Å². The zero-order chi connectivity index (χ0) is 15.4. The Hall–Kier alpha value is -2.27. The Balaban J connectivity index is 2.41. The Labute approximate surface area is 125 Å². The number of hydrogen-bond donors (Lipinski definition) is 1. The van der Waals surface area contributed by atoms with E-state index in [1.54, 1.807) is 11.8 Å². The molecule has 1 atom stereocenters. The van der Waals surface area contributed by atoms with Crippen LogP contribution in [-0.2, 0) is 11.3 Å². The Morgan fingerprint density at radius 1 is 1.43 bits per heavy atom. The molecule has 2 aromatic rings. The molecule has 112 valence electrons. The Kier molecular flexibility index (Phi) is 4.65. The first kappa shape index (κ1) is 15.1. The molecule has 0 amide bonds. The molecule has 0 aliphatic carbocycles. The summed E-state index contributed by atoms with van der Waals surface area (Å²) >= 11 is 0. The van der Waals surface area contributed by atoms with Crippen LogP contribution >= 0.6 is 0 Å². The third-order valence-electron chi connectivity index (χ3n) is 3.05. The summed E-state index contributed by atoms with van der Waals surface area (Å²) in [5.41, 5.74) is 8.61. The fraction of sp³-hybridized carbons (Fsp3) is 0.312. The van der Waals surface area contributed by atoms with Gasteiger partial charge in [0, 0.05) is 5.56 Å². The highest BCUT2D eigenvalue weighted by atomic mass is 16.5. The van der Waals surface area contributed by atoms with Gasteiger partial charge in [-0.25, -0.2) is 4.68 Å². The topological polar surface area (TPSA) is 62.3 Å². The molecule has 0 aliphatic heterocycles. The third-order valence-corrected chi connectivity index (χ3v) is 3.05. The molecule has 0 saturated carbocycles. The Bertz CT molecular complexity index is 632. The van der Waals surface area contributed by atoms with E-state index in [1.807, 2.05) is 44.2 Å². The Morgan fingerprint density at radius 2 is 2.14 bits per heavy atom. The second-order valence-electron chi connectivity index (χ2n) is 4.90. The van der Waals surface area contributed by atoms with Crippen LogP contribution in [0.15, 0.2) is 42.7 Å². The second kappa shape index (κ2) is 6.45. The molecule has 1 unspecified atom stereocenters.